The van der Waals surface area contributed by atoms with Crippen LogP contribution < -0.4 is 15.4 Å². The lowest BCUT2D eigenvalue weighted by Gasteiger charge is -2.34. The lowest BCUT2D eigenvalue weighted by molar-refractivity contribution is -0.146. The summed E-state index contributed by atoms with van der Waals surface area (Å²) in [6.45, 7) is 4.47. The van der Waals surface area contributed by atoms with E-state index in [2.05, 4.69) is 29.7 Å². The average Bonchev–Trinajstić information content (AvgIpc) is 2.62. The summed E-state index contributed by atoms with van der Waals surface area (Å²) in [5, 5.41) is 6.31. The number of rotatable bonds is 7. The van der Waals surface area contributed by atoms with Gasteiger partial charge in [-0.25, -0.2) is 0 Å². The summed E-state index contributed by atoms with van der Waals surface area (Å²) in [5.74, 6) is 1.26. The van der Waals surface area contributed by atoms with E-state index >= 15 is 0 Å². The molecule has 1 aromatic carbocycles. The number of nitrogens with one attached hydrogen (secondary N) is 2. The van der Waals surface area contributed by atoms with E-state index in [9.17, 15) is 4.79 Å². The van der Waals surface area contributed by atoms with Crippen LogP contribution >= 0.6 is 12.4 Å². The summed E-state index contributed by atoms with van der Waals surface area (Å²) in [6, 6.07) is 8.10. The van der Waals surface area contributed by atoms with Crippen molar-refractivity contribution in [3.63, 3.8) is 0 Å². The van der Waals surface area contributed by atoms with E-state index in [4.69, 9.17) is 9.47 Å². The first-order chi connectivity index (χ1) is 11.1. The van der Waals surface area contributed by atoms with E-state index in [1.54, 1.807) is 14.2 Å². The molecule has 5 nitrogen and oxygen atoms in total. The van der Waals surface area contributed by atoms with Gasteiger partial charge in [-0.1, -0.05) is 19.1 Å². The molecule has 0 aliphatic carbocycles. The van der Waals surface area contributed by atoms with E-state index in [0.29, 0.717) is 12.5 Å². The fourth-order valence-corrected chi connectivity index (χ4v) is 3.02. The summed E-state index contributed by atoms with van der Waals surface area (Å²) in [5.41, 5.74) is 0.595. The Morgan fingerprint density at radius 1 is 1.25 bits per heavy atom. The molecule has 24 heavy (non-hydrogen) atoms. The number of hydrogen-bond donors (Lipinski definition) is 2. The van der Waals surface area contributed by atoms with Crippen LogP contribution in [-0.4, -0.2) is 45.4 Å². The number of halogens is 1. The molecule has 0 saturated carbocycles. The van der Waals surface area contributed by atoms with Crippen LogP contribution in [0.15, 0.2) is 24.3 Å². The highest BCUT2D eigenvalue weighted by Crippen LogP contribution is 2.24. The van der Waals surface area contributed by atoms with Crippen molar-refractivity contribution in [2.45, 2.75) is 37.7 Å². The SMILES string of the molecule is COc1ccc(C(C)CCNC(=O)C2(OC)CCNCC2)cc1.Cl. The molecule has 1 aromatic rings. The molecule has 1 heterocycles. The van der Waals surface area contributed by atoms with Gasteiger partial charge in [0.15, 0.2) is 0 Å². The third-order valence-corrected chi connectivity index (χ3v) is 4.76. The molecule has 0 spiro atoms. The molecule has 1 atom stereocenters. The lowest BCUT2D eigenvalue weighted by atomic mass is 9.91. The van der Waals surface area contributed by atoms with Crippen LogP contribution in [0.25, 0.3) is 0 Å². The maximum Gasteiger partial charge on any atom is 0.252 e. The minimum atomic E-state index is -0.658. The molecule has 136 valence electrons. The Labute approximate surface area is 150 Å². The van der Waals surface area contributed by atoms with Gasteiger partial charge >= 0.3 is 0 Å². The Morgan fingerprint density at radius 2 is 1.88 bits per heavy atom. The maximum atomic E-state index is 12.5. The Bertz CT molecular complexity index is 501. The monoisotopic (exact) mass is 356 g/mol. The Morgan fingerprint density at radius 3 is 2.42 bits per heavy atom. The number of benzene rings is 1. The first-order valence-electron chi connectivity index (χ1n) is 8.29. The van der Waals surface area contributed by atoms with E-state index < -0.39 is 5.60 Å². The molecule has 6 heteroatoms. The van der Waals surface area contributed by atoms with Gasteiger partial charge in [0.05, 0.1) is 7.11 Å². The molecule has 1 amide bonds. The number of carbonyl (C=O) groups excluding carboxylic acids is 1. The van der Waals surface area contributed by atoms with Gasteiger partial charge < -0.3 is 20.1 Å². The Kier molecular flexibility index (Phi) is 8.53. The fraction of sp³-hybridized carbons (Fsp3) is 0.611. The second-order valence-electron chi connectivity index (χ2n) is 6.17. The average molecular weight is 357 g/mol. The van der Waals surface area contributed by atoms with Gasteiger partial charge in [-0.3, -0.25) is 4.79 Å². The fourth-order valence-electron chi connectivity index (χ4n) is 3.02. The molecule has 1 unspecified atom stereocenters. The normalized spacial score (nSPS) is 17.5. The van der Waals surface area contributed by atoms with Gasteiger partial charge in [-0.05, 0) is 56.0 Å². The van der Waals surface area contributed by atoms with Crippen LogP contribution in [0.1, 0.15) is 37.7 Å². The van der Waals surface area contributed by atoms with Crippen LogP contribution in [-0.2, 0) is 9.53 Å². The predicted molar refractivity (Wildman–Crippen MR) is 98.1 cm³/mol. The van der Waals surface area contributed by atoms with Crippen molar-refractivity contribution in [3.05, 3.63) is 29.8 Å². The van der Waals surface area contributed by atoms with Crippen molar-refractivity contribution in [2.24, 2.45) is 0 Å². The lowest BCUT2D eigenvalue weighted by Crippen LogP contribution is -2.54. The molecule has 1 fully saturated rings. The second-order valence-corrected chi connectivity index (χ2v) is 6.17. The summed E-state index contributed by atoms with van der Waals surface area (Å²) < 4.78 is 10.7. The molecule has 1 saturated heterocycles. The van der Waals surface area contributed by atoms with Crippen molar-refractivity contribution in [3.8, 4) is 5.75 Å². The number of amides is 1. The summed E-state index contributed by atoms with van der Waals surface area (Å²) in [6.07, 6.45) is 2.35. The van der Waals surface area contributed by atoms with Gasteiger partial charge in [-0.15, -0.1) is 12.4 Å². The van der Waals surface area contributed by atoms with Gasteiger partial charge in [0.2, 0.25) is 0 Å². The van der Waals surface area contributed by atoms with Gasteiger partial charge in [0, 0.05) is 13.7 Å². The Balaban J connectivity index is 0.00000288. The molecule has 0 radical (unpaired) electrons. The molecule has 2 N–H and O–H groups in total. The van der Waals surface area contributed by atoms with Crippen LogP contribution in [0, 0.1) is 0 Å². The standard InChI is InChI=1S/C18H28N2O3.ClH/c1-14(15-4-6-16(22-2)7-5-15)8-11-20-17(21)18(23-3)9-12-19-13-10-18;/h4-7,14,19H,8-13H2,1-3H3,(H,20,21);1H. The van der Waals surface area contributed by atoms with E-state index in [1.807, 2.05) is 12.1 Å². The van der Waals surface area contributed by atoms with E-state index in [1.165, 1.54) is 5.56 Å². The highest BCUT2D eigenvalue weighted by molar-refractivity contribution is 5.85. The van der Waals surface area contributed by atoms with Crippen molar-refractivity contribution < 1.29 is 14.3 Å². The summed E-state index contributed by atoms with van der Waals surface area (Å²) in [7, 11) is 3.30. The first kappa shape index (κ1) is 20.7. The number of piperidine rings is 1. The smallest absolute Gasteiger partial charge is 0.252 e. The first-order valence-corrected chi connectivity index (χ1v) is 8.29. The topological polar surface area (TPSA) is 59.6 Å². The number of hydrogen-bond acceptors (Lipinski definition) is 4. The van der Waals surface area contributed by atoms with Gasteiger partial charge in [-0.2, -0.15) is 0 Å². The molecule has 0 bridgehead atoms. The molecular weight excluding hydrogens is 328 g/mol. The highest BCUT2D eigenvalue weighted by Gasteiger charge is 2.39. The largest absolute Gasteiger partial charge is 0.497 e. The summed E-state index contributed by atoms with van der Waals surface area (Å²) >= 11 is 0. The molecule has 2 rings (SSSR count). The number of ether oxygens (including phenoxy) is 2. The molecule has 1 aliphatic rings. The maximum absolute atomic E-state index is 12.5. The van der Waals surface area contributed by atoms with Crippen molar-refractivity contribution in [1.82, 2.24) is 10.6 Å². The van der Waals surface area contributed by atoms with Crippen LogP contribution in [0.5, 0.6) is 5.75 Å². The minimum absolute atomic E-state index is 0. The molecule has 0 aromatic heterocycles. The third kappa shape index (κ3) is 5.10. The highest BCUT2D eigenvalue weighted by atomic mass is 35.5. The van der Waals surface area contributed by atoms with Crippen molar-refractivity contribution >= 4 is 18.3 Å². The summed E-state index contributed by atoms with van der Waals surface area (Å²) in [4.78, 5) is 12.5. The van der Waals surface area contributed by atoms with Crippen LogP contribution in [0.3, 0.4) is 0 Å². The zero-order valence-corrected chi connectivity index (χ0v) is 15.6. The Hall–Kier alpha value is -1.30. The minimum Gasteiger partial charge on any atom is -0.497 e. The van der Waals surface area contributed by atoms with Crippen molar-refractivity contribution in [1.29, 1.82) is 0 Å². The van der Waals surface area contributed by atoms with Crippen LogP contribution in [0.2, 0.25) is 0 Å². The van der Waals surface area contributed by atoms with E-state index in [-0.39, 0.29) is 18.3 Å². The zero-order chi connectivity index (χ0) is 16.7. The van der Waals surface area contributed by atoms with Crippen LogP contribution in [0.4, 0.5) is 0 Å². The third-order valence-electron chi connectivity index (χ3n) is 4.76. The second kappa shape index (κ2) is 9.87. The number of methoxy groups -OCH3 is 2. The molecular formula is C18H29ClN2O3. The predicted octanol–water partition coefficient (Wildman–Crippen LogP) is 2.50. The van der Waals surface area contributed by atoms with Gasteiger partial charge in [0.25, 0.3) is 5.91 Å². The van der Waals surface area contributed by atoms with Gasteiger partial charge in [0.1, 0.15) is 11.4 Å². The van der Waals surface area contributed by atoms with Crippen molar-refractivity contribution in [2.75, 3.05) is 33.9 Å². The number of carbonyl (C=O) groups is 1. The molecule has 1 aliphatic heterocycles. The zero-order valence-electron chi connectivity index (χ0n) is 14.8. The quantitative estimate of drug-likeness (QED) is 0.788. The van der Waals surface area contributed by atoms with E-state index in [0.717, 1.165) is 38.1 Å².